The molecule has 5 rings (SSSR count). The first-order valence-electron chi connectivity index (χ1n) is 8.92. The van der Waals surface area contributed by atoms with Crippen LogP contribution < -0.4 is 0 Å². The molecule has 1 saturated heterocycles. The van der Waals surface area contributed by atoms with Crippen LogP contribution in [0.3, 0.4) is 0 Å². The molecule has 3 heterocycles. The molecule has 3 aromatic rings. The van der Waals surface area contributed by atoms with Crippen molar-refractivity contribution in [3.63, 3.8) is 0 Å². The van der Waals surface area contributed by atoms with E-state index in [2.05, 4.69) is 63.4 Å². The molecular weight excluding hydrogens is 342 g/mol. The minimum atomic E-state index is -0.224. The van der Waals surface area contributed by atoms with Gasteiger partial charge in [0.2, 0.25) is 0 Å². The van der Waals surface area contributed by atoms with E-state index in [-0.39, 0.29) is 11.3 Å². The third-order valence-electron chi connectivity index (χ3n) is 5.54. The minimum Gasteiger partial charge on any atom is -0.337 e. The van der Waals surface area contributed by atoms with E-state index in [1.54, 1.807) is 11.3 Å². The highest BCUT2D eigenvalue weighted by Crippen LogP contribution is 2.42. The van der Waals surface area contributed by atoms with E-state index in [4.69, 9.17) is 0 Å². The van der Waals surface area contributed by atoms with E-state index in [9.17, 15) is 4.79 Å². The van der Waals surface area contributed by atoms with Crippen LogP contribution in [0.25, 0.3) is 6.08 Å². The summed E-state index contributed by atoms with van der Waals surface area (Å²) in [5.41, 5.74) is 4.85. The summed E-state index contributed by atoms with van der Waals surface area (Å²) in [6.45, 7) is 1.68. The van der Waals surface area contributed by atoms with E-state index in [0.29, 0.717) is 5.69 Å². The van der Waals surface area contributed by atoms with Gasteiger partial charge in [-0.2, -0.15) is 16.4 Å². The summed E-state index contributed by atoms with van der Waals surface area (Å²) < 4.78 is 0. The lowest BCUT2D eigenvalue weighted by molar-refractivity contribution is 0.0645. The number of hydrogen-bond acceptors (Lipinski definition) is 3. The van der Waals surface area contributed by atoms with Crippen LogP contribution in [-0.2, 0) is 11.8 Å². The fraction of sp³-hybridized carbons (Fsp3) is 0.238. The number of benzene rings is 1. The number of allylic oxidation sites excluding steroid dienone is 1. The average Bonchev–Trinajstić information content (AvgIpc) is 3.30. The summed E-state index contributed by atoms with van der Waals surface area (Å²) in [5, 5.41) is 11.9. The van der Waals surface area contributed by atoms with Gasteiger partial charge in [-0.25, -0.2) is 0 Å². The molecule has 1 fully saturated rings. The Kier molecular flexibility index (Phi) is 3.57. The number of nitrogens with zero attached hydrogens (tertiary/aromatic N) is 2. The first kappa shape index (κ1) is 15.6. The zero-order valence-corrected chi connectivity index (χ0v) is 15.1. The molecule has 2 aliphatic rings. The predicted octanol–water partition coefficient (Wildman–Crippen LogP) is 3.87. The molecule has 0 radical (unpaired) electrons. The van der Waals surface area contributed by atoms with Gasteiger partial charge in [-0.3, -0.25) is 9.89 Å². The monoisotopic (exact) mass is 361 g/mol. The van der Waals surface area contributed by atoms with Crippen LogP contribution in [-0.4, -0.2) is 34.1 Å². The third kappa shape index (κ3) is 2.27. The molecule has 2 aromatic heterocycles. The largest absolute Gasteiger partial charge is 0.337 e. The number of nitrogens with one attached hydrogen (secondary N) is 1. The number of fused-ring (bicyclic) bond motifs is 1. The van der Waals surface area contributed by atoms with Crippen molar-refractivity contribution in [3.8, 4) is 0 Å². The molecule has 0 saturated carbocycles. The van der Waals surface area contributed by atoms with Gasteiger partial charge in [0.25, 0.3) is 5.91 Å². The lowest BCUT2D eigenvalue weighted by atomic mass is 9.69. The van der Waals surface area contributed by atoms with E-state index in [1.807, 2.05) is 11.0 Å². The van der Waals surface area contributed by atoms with Crippen LogP contribution >= 0.6 is 11.3 Å². The van der Waals surface area contributed by atoms with Gasteiger partial charge in [-0.05, 0) is 34.4 Å². The number of H-pyrrole nitrogens is 1. The zero-order valence-electron chi connectivity index (χ0n) is 14.3. The molecule has 1 aliphatic heterocycles. The van der Waals surface area contributed by atoms with Gasteiger partial charge in [0.15, 0.2) is 5.69 Å². The van der Waals surface area contributed by atoms with E-state index in [1.165, 1.54) is 11.1 Å². The topological polar surface area (TPSA) is 49.0 Å². The van der Waals surface area contributed by atoms with Crippen molar-refractivity contribution in [1.82, 2.24) is 15.1 Å². The van der Waals surface area contributed by atoms with Crippen molar-refractivity contribution in [2.75, 3.05) is 13.1 Å². The number of thiophene rings is 1. The molecule has 0 bridgehead atoms. The van der Waals surface area contributed by atoms with Crippen LogP contribution in [0.5, 0.6) is 0 Å². The molecule has 4 nitrogen and oxygen atoms in total. The van der Waals surface area contributed by atoms with Gasteiger partial charge in [0.1, 0.15) is 0 Å². The first-order valence-corrected chi connectivity index (χ1v) is 9.86. The molecule has 1 aliphatic carbocycles. The second kappa shape index (κ2) is 5.95. The third-order valence-corrected chi connectivity index (χ3v) is 6.23. The maximum absolute atomic E-state index is 12.6. The molecule has 5 heteroatoms. The summed E-state index contributed by atoms with van der Waals surface area (Å²) >= 11 is 1.71. The lowest BCUT2D eigenvalue weighted by Crippen LogP contribution is -2.42. The Balaban J connectivity index is 1.59. The number of amides is 1. The van der Waals surface area contributed by atoms with Crippen molar-refractivity contribution < 1.29 is 4.79 Å². The molecule has 130 valence electrons. The summed E-state index contributed by atoms with van der Waals surface area (Å²) in [6, 6.07) is 12.8. The van der Waals surface area contributed by atoms with Gasteiger partial charge in [-0.15, -0.1) is 0 Å². The summed E-state index contributed by atoms with van der Waals surface area (Å²) in [6.07, 6.45) is 6.19. The molecule has 1 aromatic carbocycles. The number of aromatic amines is 1. The summed E-state index contributed by atoms with van der Waals surface area (Å²) in [4.78, 5) is 14.5. The van der Waals surface area contributed by atoms with Gasteiger partial charge in [0, 0.05) is 36.2 Å². The highest BCUT2D eigenvalue weighted by Gasteiger charge is 2.38. The number of hydrogen-bond donors (Lipinski definition) is 1. The Labute approximate surface area is 156 Å². The number of carbonyl (C=O) groups is 1. The average molecular weight is 361 g/mol. The molecule has 1 N–H and O–H groups in total. The van der Waals surface area contributed by atoms with Crippen molar-refractivity contribution in [2.45, 2.75) is 18.3 Å². The van der Waals surface area contributed by atoms with E-state index >= 15 is 0 Å². The van der Waals surface area contributed by atoms with Crippen molar-refractivity contribution in [2.24, 2.45) is 0 Å². The Bertz CT molecular complexity index is 970. The Morgan fingerprint density at radius 1 is 1.15 bits per heavy atom. The normalized spacial score (nSPS) is 21.3. The number of carbonyl (C=O) groups excluding carboxylic acids is 1. The highest BCUT2D eigenvalue weighted by molar-refractivity contribution is 7.08. The molecule has 0 spiro atoms. The number of likely N-dealkylation sites (tertiary alicyclic amines) is 1. The quantitative estimate of drug-likeness (QED) is 0.770. The van der Waals surface area contributed by atoms with Crippen LogP contribution in [0.15, 0.2) is 53.2 Å². The van der Waals surface area contributed by atoms with E-state index in [0.717, 1.165) is 37.2 Å². The van der Waals surface area contributed by atoms with Gasteiger partial charge in [-0.1, -0.05) is 42.5 Å². The molecule has 26 heavy (non-hydrogen) atoms. The SMILES string of the molecule is O=C(c1n[nH]c2c1C=CC(c1ccccc1)(c1ccsc1)C2)N1CCC1. The van der Waals surface area contributed by atoms with Crippen molar-refractivity contribution in [3.05, 3.63) is 81.3 Å². The fourth-order valence-corrected chi connectivity index (χ4v) is 4.65. The first-order chi connectivity index (χ1) is 12.8. The standard InChI is InChI=1S/C21H19N3OS/c25-20(24-10-4-11-24)19-17-7-9-21(13-18(17)22-23-19,16-8-12-26-14-16)15-5-2-1-3-6-15/h1-3,5-9,12,14H,4,10-11,13H2,(H,22,23). The Morgan fingerprint density at radius 3 is 2.69 bits per heavy atom. The molecular formula is C21H19N3OS. The van der Waals surface area contributed by atoms with Crippen LogP contribution in [0, 0.1) is 0 Å². The smallest absolute Gasteiger partial charge is 0.274 e. The van der Waals surface area contributed by atoms with Gasteiger partial charge >= 0.3 is 0 Å². The maximum Gasteiger partial charge on any atom is 0.274 e. The Morgan fingerprint density at radius 2 is 2.00 bits per heavy atom. The second-order valence-electron chi connectivity index (χ2n) is 6.97. The van der Waals surface area contributed by atoms with Crippen molar-refractivity contribution >= 4 is 23.3 Å². The minimum absolute atomic E-state index is 0.0427. The van der Waals surface area contributed by atoms with Crippen LogP contribution in [0.4, 0.5) is 0 Å². The summed E-state index contributed by atoms with van der Waals surface area (Å²) in [7, 11) is 0. The highest BCUT2D eigenvalue weighted by atomic mass is 32.1. The zero-order chi connectivity index (χ0) is 17.6. The molecule has 1 atom stereocenters. The Hall–Kier alpha value is -2.66. The fourth-order valence-electron chi connectivity index (χ4n) is 3.91. The summed E-state index contributed by atoms with van der Waals surface area (Å²) in [5.74, 6) is 0.0427. The van der Waals surface area contributed by atoms with E-state index < -0.39 is 0 Å². The number of rotatable bonds is 3. The molecule has 1 unspecified atom stereocenters. The van der Waals surface area contributed by atoms with Crippen LogP contribution in [0.2, 0.25) is 0 Å². The van der Waals surface area contributed by atoms with Crippen molar-refractivity contribution in [1.29, 1.82) is 0 Å². The maximum atomic E-state index is 12.6. The number of aromatic nitrogens is 2. The lowest BCUT2D eigenvalue weighted by Gasteiger charge is -2.34. The molecule has 1 amide bonds. The van der Waals surface area contributed by atoms with Gasteiger partial charge in [0.05, 0.1) is 0 Å². The van der Waals surface area contributed by atoms with Gasteiger partial charge < -0.3 is 4.90 Å². The predicted molar refractivity (Wildman–Crippen MR) is 103 cm³/mol. The second-order valence-corrected chi connectivity index (χ2v) is 7.75. The van der Waals surface area contributed by atoms with Crippen LogP contribution in [0.1, 0.15) is 39.3 Å².